The monoisotopic (exact) mass is 300 g/mol. The molecular formula is C15H22BrF. The van der Waals surface area contributed by atoms with E-state index in [2.05, 4.69) is 57.5 Å². The van der Waals surface area contributed by atoms with E-state index in [1.54, 1.807) is 0 Å². The van der Waals surface area contributed by atoms with Crippen LogP contribution in [0, 0.1) is 5.82 Å². The molecule has 0 aliphatic rings. The van der Waals surface area contributed by atoms with E-state index < -0.39 is 0 Å². The van der Waals surface area contributed by atoms with E-state index in [1.807, 2.05) is 12.1 Å². The summed E-state index contributed by atoms with van der Waals surface area (Å²) < 4.78 is 14.6. The molecule has 2 heteroatoms. The lowest BCUT2D eigenvalue weighted by atomic mass is 9.79. The predicted octanol–water partition coefficient (Wildman–Crippen LogP) is 5.32. The lowest BCUT2D eigenvalue weighted by Crippen LogP contribution is -2.20. The molecule has 0 saturated heterocycles. The maximum absolute atomic E-state index is 14.6. The summed E-state index contributed by atoms with van der Waals surface area (Å²) in [5.41, 5.74) is 2.42. The Morgan fingerprint density at radius 3 is 1.53 bits per heavy atom. The molecule has 0 atom stereocenters. The van der Waals surface area contributed by atoms with Crippen LogP contribution in [-0.4, -0.2) is 0 Å². The lowest BCUT2D eigenvalue weighted by Gasteiger charge is -2.27. The van der Waals surface area contributed by atoms with E-state index in [-0.39, 0.29) is 16.6 Å². The Morgan fingerprint density at radius 2 is 1.29 bits per heavy atom. The molecule has 0 nitrogen and oxygen atoms in total. The number of hydrogen-bond donors (Lipinski definition) is 0. The molecule has 0 N–H and O–H groups in total. The minimum absolute atomic E-state index is 0.0466. The van der Waals surface area contributed by atoms with Crippen LogP contribution in [0.5, 0.6) is 0 Å². The van der Waals surface area contributed by atoms with Crippen LogP contribution in [0.15, 0.2) is 12.1 Å². The van der Waals surface area contributed by atoms with Crippen LogP contribution >= 0.6 is 15.9 Å². The molecule has 0 bridgehead atoms. The number of benzene rings is 1. The van der Waals surface area contributed by atoms with Gasteiger partial charge in [-0.3, -0.25) is 0 Å². The summed E-state index contributed by atoms with van der Waals surface area (Å²) in [7, 11) is 0. The number of hydrogen-bond acceptors (Lipinski definition) is 0. The molecule has 17 heavy (non-hydrogen) atoms. The van der Waals surface area contributed by atoms with Gasteiger partial charge in [0.15, 0.2) is 0 Å². The molecule has 0 amide bonds. The third kappa shape index (κ3) is 3.31. The lowest BCUT2D eigenvalue weighted by molar-refractivity contribution is 0.480. The normalized spacial score (nSPS) is 12.9. The van der Waals surface area contributed by atoms with Crippen LogP contribution < -0.4 is 0 Å². The van der Waals surface area contributed by atoms with Gasteiger partial charge in [0.05, 0.1) is 0 Å². The molecule has 0 aliphatic heterocycles. The van der Waals surface area contributed by atoms with Crippen molar-refractivity contribution in [1.82, 2.24) is 0 Å². The minimum atomic E-state index is -0.164. The highest BCUT2D eigenvalue weighted by Gasteiger charge is 2.26. The second-order valence-electron chi connectivity index (χ2n) is 6.64. The van der Waals surface area contributed by atoms with Gasteiger partial charge in [0.1, 0.15) is 5.82 Å². The van der Waals surface area contributed by atoms with Crippen molar-refractivity contribution >= 4 is 15.9 Å². The highest BCUT2D eigenvalue weighted by molar-refractivity contribution is 9.08. The molecule has 0 saturated carbocycles. The summed E-state index contributed by atoms with van der Waals surface area (Å²) in [6, 6.07) is 3.94. The first kappa shape index (κ1) is 14.7. The molecule has 1 rings (SSSR count). The molecule has 1 aromatic carbocycles. The number of alkyl halides is 1. The number of rotatable bonds is 1. The Balaban J connectivity index is 3.53. The van der Waals surface area contributed by atoms with Crippen LogP contribution in [0.25, 0.3) is 0 Å². The molecule has 0 heterocycles. The molecule has 96 valence electrons. The predicted molar refractivity (Wildman–Crippen MR) is 76.4 cm³/mol. The van der Waals surface area contributed by atoms with Crippen molar-refractivity contribution in [3.63, 3.8) is 0 Å². The van der Waals surface area contributed by atoms with Crippen LogP contribution in [0.3, 0.4) is 0 Å². The van der Waals surface area contributed by atoms with Crippen LogP contribution in [0.4, 0.5) is 4.39 Å². The first-order valence-electron chi connectivity index (χ1n) is 5.96. The van der Waals surface area contributed by atoms with Crippen molar-refractivity contribution in [2.45, 2.75) is 57.7 Å². The maximum atomic E-state index is 14.6. The van der Waals surface area contributed by atoms with Crippen molar-refractivity contribution in [3.8, 4) is 0 Å². The first-order valence-corrected chi connectivity index (χ1v) is 7.09. The summed E-state index contributed by atoms with van der Waals surface area (Å²) in [6.45, 7) is 12.3. The van der Waals surface area contributed by atoms with Gasteiger partial charge in [-0.15, -0.1) is 0 Å². The van der Waals surface area contributed by atoms with E-state index in [4.69, 9.17) is 0 Å². The standard InChI is InChI=1S/C15H22BrF/c1-14(2,3)11-7-10(9-16)8-12(13(11)17)15(4,5)6/h7-8H,9H2,1-6H3. The summed E-state index contributed by atoms with van der Waals surface area (Å²) in [4.78, 5) is 0. The summed E-state index contributed by atoms with van der Waals surface area (Å²) in [5, 5.41) is 0.763. The van der Waals surface area contributed by atoms with Gasteiger partial charge in [0.2, 0.25) is 0 Å². The van der Waals surface area contributed by atoms with E-state index in [0.29, 0.717) is 0 Å². The summed E-state index contributed by atoms with van der Waals surface area (Å²) in [6.07, 6.45) is 0. The highest BCUT2D eigenvalue weighted by Crippen LogP contribution is 2.34. The van der Waals surface area contributed by atoms with E-state index in [0.717, 1.165) is 22.0 Å². The van der Waals surface area contributed by atoms with E-state index >= 15 is 0 Å². The Kier molecular flexibility index (Phi) is 4.08. The highest BCUT2D eigenvalue weighted by atomic mass is 79.9. The quantitative estimate of drug-likeness (QED) is 0.616. The SMILES string of the molecule is CC(C)(C)c1cc(CBr)cc(C(C)(C)C)c1F. The number of halogens is 2. The fraction of sp³-hybridized carbons (Fsp3) is 0.600. The average molecular weight is 301 g/mol. The van der Waals surface area contributed by atoms with Crippen LogP contribution in [-0.2, 0) is 16.2 Å². The smallest absolute Gasteiger partial charge is 0.130 e. The molecule has 0 unspecified atom stereocenters. The second kappa shape index (κ2) is 4.72. The Hall–Kier alpha value is -0.370. The van der Waals surface area contributed by atoms with Crippen molar-refractivity contribution in [3.05, 3.63) is 34.6 Å². The van der Waals surface area contributed by atoms with Gasteiger partial charge >= 0.3 is 0 Å². The zero-order valence-electron chi connectivity index (χ0n) is 11.6. The van der Waals surface area contributed by atoms with Crippen LogP contribution in [0.2, 0.25) is 0 Å². The Bertz CT molecular complexity index is 373. The fourth-order valence-electron chi connectivity index (χ4n) is 1.85. The van der Waals surface area contributed by atoms with Crippen molar-refractivity contribution in [2.24, 2.45) is 0 Å². The summed E-state index contributed by atoms with van der Waals surface area (Å²) in [5.74, 6) is -0.0466. The molecule has 0 aromatic heterocycles. The maximum Gasteiger partial charge on any atom is 0.130 e. The first-order chi connectivity index (χ1) is 7.57. The third-order valence-electron chi connectivity index (χ3n) is 2.90. The molecule has 1 aromatic rings. The van der Waals surface area contributed by atoms with Gasteiger partial charge in [0.25, 0.3) is 0 Å². The molecule has 0 spiro atoms. The molecule has 0 fully saturated rings. The van der Waals surface area contributed by atoms with Gasteiger partial charge in [0, 0.05) is 5.33 Å². The van der Waals surface area contributed by atoms with E-state index in [9.17, 15) is 4.39 Å². The van der Waals surface area contributed by atoms with Gasteiger partial charge < -0.3 is 0 Å². The van der Waals surface area contributed by atoms with Crippen molar-refractivity contribution in [2.75, 3.05) is 0 Å². The third-order valence-corrected chi connectivity index (χ3v) is 3.55. The minimum Gasteiger partial charge on any atom is -0.206 e. The Labute approximate surface area is 113 Å². The summed E-state index contributed by atoms with van der Waals surface area (Å²) >= 11 is 3.46. The zero-order chi connectivity index (χ0) is 13.4. The van der Waals surface area contributed by atoms with Gasteiger partial charge in [-0.25, -0.2) is 4.39 Å². The average Bonchev–Trinajstić information content (AvgIpc) is 2.14. The van der Waals surface area contributed by atoms with Gasteiger partial charge in [-0.05, 0) is 27.5 Å². The van der Waals surface area contributed by atoms with Gasteiger partial charge in [-0.2, -0.15) is 0 Å². The largest absolute Gasteiger partial charge is 0.206 e. The second-order valence-corrected chi connectivity index (χ2v) is 7.20. The van der Waals surface area contributed by atoms with E-state index in [1.165, 1.54) is 0 Å². The fourth-order valence-corrected chi connectivity index (χ4v) is 2.18. The zero-order valence-corrected chi connectivity index (χ0v) is 13.2. The van der Waals surface area contributed by atoms with Crippen molar-refractivity contribution in [1.29, 1.82) is 0 Å². The van der Waals surface area contributed by atoms with Crippen molar-refractivity contribution < 1.29 is 4.39 Å². The molecular weight excluding hydrogens is 279 g/mol. The Morgan fingerprint density at radius 1 is 0.941 bits per heavy atom. The molecule has 0 aliphatic carbocycles. The van der Waals surface area contributed by atoms with Crippen LogP contribution in [0.1, 0.15) is 58.2 Å². The van der Waals surface area contributed by atoms with Gasteiger partial charge in [-0.1, -0.05) is 69.6 Å². The molecule has 0 radical (unpaired) electrons. The topological polar surface area (TPSA) is 0 Å².